The van der Waals surface area contributed by atoms with E-state index in [1.807, 2.05) is 42.2 Å². The third-order valence-corrected chi connectivity index (χ3v) is 4.19. The molecule has 2 aromatic rings. The van der Waals surface area contributed by atoms with Gasteiger partial charge in [-0.1, -0.05) is 18.2 Å². The zero-order chi connectivity index (χ0) is 16.2. The van der Waals surface area contributed by atoms with E-state index in [9.17, 15) is 4.79 Å². The minimum Gasteiger partial charge on any atom is -0.481 e. The smallest absolute Gasteiger partial charge is 0.272 e. The van der Waals surface area contributed by atoms with E-state index in [0.29, 0.717) is 24.7 Å². The zero-order valence-electron chi connectivity index (χ0n) is 13.6. The Kier molecular flexibility index (Phi) is 4.76. The topological polar surface area (TPSA) is 51.7 Å². The van der Waals surface area contributed by atoms with E-state index in [-0.39, 0.29) is 12.0 Å². The minimum absolute atomic E-state index is 0.0570. The molecular formula is C18H22N2O3. The first-order valence-electron chi connectivity index (χ1n) is 8.07. The summed E-state index contributed by atoms with van der Waals surface area (Å²) in [6.07, 6.45) is 2.09. The molecule has 23 heavy (non-hydrogen) atoms. The van der Waals surface area contributed by atoms with Crippen molar-refractivity contribution in [2.45, 2.75) is 25.9 Å². The van der Waals surface area contributed by atoms with Crippen molar-refractivity contribution in [3.8, 4) is 5.88 Å². The standard InChI is InChI=1S/C18H22N2O3/c1-3-23-14-8-6-10-20(12-14)18(21)16-11-13-7-4-5-9-15(13)17(19-16)22-2/h4-5,7,9,11,14H,3,6,8,10,12H2,1-2H3. The molecule has 1 fully saturated rings. The lowest BCUT2D eigenvalue weighted by Gasteiger charge is -2.32. The number of carbonyl (C=O) groups is 1. The van der Waals surface area contributed by atoms with Gasteiger partial charge < -0.3 is 14.4 Å². The quantitative estimate of drug-likeness (QED) is 0.871. The van der Waals surface area contributed by atoms with Gasteiger partial charge in [-0.05, 0) is 37.3 Å². The average Bonchev–Trinajstić information content (AvgIpc) is 2.60. The van der Waals surface area contributed by atoms with Gasteiger partial charge in [-0.15, -0.1) is 0 Å². The maximum Gasteiger partial charge on any atom is 0.272 e. The van der Waals surface area contributed by atoms with Crippen LogP contribution in [-0.2, 0) is 4.74 Å². The Balaban J connectivity index is 1.88. The highest BCUT2D eigenvalue weighted by Crippen LogP contribution is 2.25. The van der Waals surface area contributed by atoms with E-state index < -0.39 is 0 Å². The summed E-state index contributed by atoms with van der Waals surface area (Å²) in [7, 11) is 1.58. The number of fused-ring (bicyclic) bond motifs is 1. The average molecular weight is 314 g/mol. The van der Waals surface area contributed by atoms with Crippen molar-refractivity contribution in [1.29, 1.82) is 0 Å². The summed E-state index contributed by atoms with van der Waals surface area (Å²) in [4.78, 5) is 19.1. The number of hydrogen-bond donors (Lipinski definition) is 0. The number of ether oxygens (including phenoxy) is 2. The highest BCUT2D eigenvalue weighted by molar-refractivity contribution is 5.98. The lowest BCUT2D eigenvalue weighted by molar-refractivity contribution is 0.00702. The number of benzene rings is 1. The fraction of sp³-hybridized carbons (Fsp3) is 0.444. The summed E-state index contributed by atoms with van der Waals surface area (Å²) in [5.41, 5.74) is 0.428. The second kappa shape index (κ2) is 6.96. The van der Waals surface area contributed by atoms with Gasteiger partial charge in [0.05, 0.1) is 13.2 Å². The maximum atomic E-state index is 12.8. The number of likely N-dealkylation sites (tertiary alicyclic amines) is 1. The molecule has 0 radical (unpaired) electrons. The van der Waals surface area contributed by atoms with Crippen LogP contribution in [0.15, 0.2) is 30.3 Å². The van der Waals surface area contributed by atoms with Gasteiger partial charge in [-0.2, -0.15) is 0 Å². The van der Waals surface area contributed by atoms with Gasteiger partial charge >= 0.3 is 0 Å². The van der Waals surface area contributed by atoms with Crippen molar-refractivity contribution in [1.82, 2.24) is 9.88 Å². The number of piperidine rings is 1. The molecule has 0 spiro atoms. The third kappa shape index (κ3) is 3.29. The van der Waals surface area contributed by atoms with Crippen molar-refractivity contribution in [2.24, 2.45) is 0 Å². The van der Waals surface area contributed by atoms with E-state index >= 15 is 0 Å². The molecule has 0 bridgehead atoms. The number of methoxy groups -OCH3 is 1. The van der Waals surface area contributed by atoms with Crippen LogP contribution in [0, 0.1) is 0 Å². The van der Waals surface area contributed by atoms with Crippen LogP contribution in [-0.4, -0.2) is 48.7 Å². The van der Waals surface area contributed by atoms with E-state index in [1.165, 1.54) is 0 Å². The van der Waals surface area contributed by atoms with Crippen molar-refractivity contribution in [3.63, 3.8) is 0 Å². The highest BCUT2D eigenvalue weighted by Gasteiger charge is 2.26. The second-order valence-corrected chi connectivity index (χ2v) is 5.71. The van der Waals surface area contributed by atoms with E-state index in [1.54, 1.807) is 7.11 Å². The fourth-order valence-electron chi connectivity index (χ4n) is 3.09. The van der Waals surface area contributed by atoms with E-state index in [2.05, 4.69) is 4.98 Å². The lowest BCUT2D eigenvalue weighted by Crippen LogP contribution is -2.43. The molecule has 1 saturated heterocycles. The Morgan fingerprint density at radius 1 is 1.39 bits per heavy atom. The van der Waals surface area contributed by atoms with Gasteiger partial charge in [0.25, 0.3) is 5.91 Å². The maximum absolute atomic E-state index is 12.8. The summed E-state index contributed by atoms with van der Waals surface area (Å²) in [6, 6.07) is 9.63. The molecule has 5 nitrogen and oxygen atoms in total. The van der Waals surface area contributed by atoms with Crippen molar-refractivity contribution < 1.29 is 14.3 Å². The van der Waals surface area contributed by atoms with Crippen LogP contribution in [0.2, 0.25) is 0 Å². The summed E-state index contributed by atoms with van der Waals surface area (Å²) >= 11 is 0. The number of pyridine rings is 1. The largest absolute Gasteiger partial charge is 0.481 e. The van der Waals surface area contributed by atoms with Gasteiger partial charge in [0.15, 0.2) is 0 Å². The van der Waals surface area contributed by atoms with Crippen LogP contribution in [0.3, 0.4) is 0 Å². The molecule has 2 heterocycles. The molecule has 1 aromatic carbocycles. The predicted molar refractivity (Wildman–Crippen MR) is 88.8 cm³/mol. The summed E-state index contributed by atoms with van der Waals surface area (Å²) < 4.78 is 11.0. The second-order valence-electron chi connectivity index (χ2n) is 5.71. The molecule has 1 aliphatic rings. The number of aromatic nitrogens is 1. The SMILES string of the molecule is CCOC1CCCN(C(=O)c2cc3ccccc3c(OC)n2)C1. The summed E-state index contributed by atoms with van der Waals surface area (Å²) in [5, 5.41) is 1.87. The third-order valence-electron chi connectivity index (χ3n) is 4.19. The van der Waals surface area contributed by atoms with Gasteiger partial charge in [-0.25, -0.2) is 4.98 Å². The number of carbonyl (C=O) groups excluding carboxylic acids is 1. The summed E-state index contributed by atoms with van der Waals surface area (Å²) in [6.45, 7) is 4.04. The Morgan fingerprint density at radius 3 is 3.00 bits per heavy atom. The van der Waals surface area contributed by atoms with Crippen LogP contribution in [0.1, 0.15) is 30.3 Å². The highest BCUT2D eigenvalue weighted by atomic mass is 16.5. The first kappa shape index (κ1) is 15.7. The molecule has 0 N–H and O–H groups in total. The lowest BCUT2D eigenvalue weighted by atomic mass is 10.1. The van der Waals surface area contributed by atoms with Crippen LogP contribution < -0.4 is 4.74 Å². The van der Waals surface area contributed by atoms with Crippen LogP contribution >= 0.6 is 0 Å². The molecule has 1 aromatic heterocycles. The number of nitrogens with zero attached hydrogens (tertiary/aromatic N) is 2. The molecule has 3 rings (SSSR count). The Morgan fingerprint density at radius 2 is 2.22 bits per heavy atom. The van der Waals surface area contributed by atoms with Crippen molar-refractivity contribution >= 4 is 16.7 Å². The number of rotatable bonds is 4. The van der Waals surface area contributed by atoms with Crippen LogP contribution in [0.5, 0.6) is 5.88 Å². The molecule has 0 saturated carbocycles. The Hall–Kier alpha value is -2.14. The molecular weight excluding hydrogens is 292 g/mol. The molecule has 5 heteroatoms. The predicted octanol–water partition coefficient (Wildman–Crippen LogP) is 2.88. The molecule has 1 atom stereocenters. The Bertz CT molecular complexity index is 700. The van der Waals surface area contributed by atoms with Gasteiger partial charge in [0.2, 0.25) is 5.88 Å². The van der Waals surface area contributed by atoms with Gasteiger partial charge in [-0.3, -0.25) is 4.79 Å². The minimum atomic E-state index is -0.0570. The van der Waals surface area contributed by atoms with Crippen LogP contribution in [0.25, 0.3) is 10.8 Å². The molecule has 0 aliphatic carbocycles. The zero-order valence-corrected chi connectivity index (χ0v) is 13.6. The fourth-order valence-corrected chi connectivity index (χ4v) is 3.09. The van der Waals surface area contributed by atoms with E-state index in [4.69, 9.17) is 9.47 Å². The summed E-state index contributed by atoms with van der Waals surface area (Å²) in [5.74, 6) is 0.434. The van der Waals surface area contributed by atoms with E-state index in [0.717, 1.165) is 30.2 Å². The number of hydrogen-bond acceptors (Lipinski definition) is 4. The first-order chi connectivity index (χ1) is 11.2. The molecule has 1 unspecified atom stereocenters. The molecule has 1 aliphatic heterocycles. The van der Waals surface area contributed by atoms with Crippen molar-refractivity contribution in [2.75, 3.05) is 26.8 Å². The van der Waals surface area contributed by atoms with Gasteiger partial charge in [0.1, 0.15) is 5.69 Å². The molecule has 1 amide bonds. The number of amides is 1. The molecule has 122 valence electrons. The monoisotopic (exact) mass is 314 g/mol. The van der Waals surface area contributed by atoms with Crippen molar-refractivity contribution in [3.05, 3.63) is 36.0 Å². The van der Waals surface area contributed by atoms with Crippen LogP contribution in [0.4, 0.5) is 0 Å². The first-order valence-corrected chi connectivity index (χ1v) is 8.07. The van der Waals surface area contributed by atoms with Gasteiger partial charge in [0, 0.05) is 25.1 Å². The Labute approximate surface area is 136 Å². The normalized spacial score (nSPS) is 18.2.